The zero-order chi connectivity index (χ0) is 9.42. The lowest BCUT2D eigenvalue weighted by atomic mass is 10.1. The van der Waals surface area contributed by atoms with Crippen LogP contribution < -0.4 is 0 Å². The molecule has 2 aromatic heterocycles. The highest BCUT2D eigenvalue weighted by Gasteiger charge is 2.08. The fraction of sp³-hybridized carbons (Fsp3) is 0.200. The van der Waals surface area contributed by atoms with Crippen molar-refractivity contribution < 1.29 is 0 Å². The maximum absolute atomic E-state index is 5.35. The normalized spacial score (nSPS) is 10.2. The Morgan fingerprint density at radius 2 is 2.23 bits per heavy atom. The molecule has 0 bridgehead atoms. The molecule has 0 saturated heterocycles. The lowest BCUT2D eigenvalue weighted by Gasteiger charge is -1.94. The van der Waals surface area contributed by atoms with Gasteiger partial charge in [-0.3, -0.25) is 9.67 Å². The van der Waals surface area contributed by atoms with Crippen molar-refractivity contribution in [2.75, 3.05) is 0 Å². The lowest BCUT2D eigenvalue weighted by molar-refractivity contribution is 0.791. The smallest absolute Gasteiger partial charge is 0.143 e. The van der Waals surface area contributed by atoms with Crippen molar-refractivity contribution in [1.29, 1.82) is 0 Å². The molecule has 2 aromatic rings. The third-order valence-corrected chi connectivity index (χ3v) is 2.09. The third-order valence-electron chi connectivity index (χ3n) is 2.09. The summed E-state index contributed by atoms with van der Waals surface area (Å²) in [5, 5.41) is 5.24. The monoisotopic (exact) mass is 171 g/mol. The minimum atomic E-state index is 0.692. The standard InChI is InChI=1S/C10H9N3/c1-4-8-10-7(2)5-11-6-9(10)13(3)12-8/h1,5-6H,2-3H3. The van der Waals surface area contributed by atoms with Crippen molar-refractivity contribution in [3.63, 3.8) is 0 Å². The summed E-state index contributed by atoms with van der Waals surface area (Å²) in [6, 6.07) is 0. The Morgan fingerprint density at radius 1 is 1.46 bits per heavy atom. The van der Waals surface area contributed by atoms with Gasteiger partial charge in [-0.05, 0) is 18.4 Å². The van der Waals surface area contributed by atoms with Gasteiger partial charge in [-0.15, -0.1) is 6.42 Å². The summed E-state index contributed by atoms with van der Waals surface area (Å²) in [6.07, 6.45) is 8.92. The first kappa shape index (κ1) is 7.81. The van der Waals surface area contributed by atoms with E-state index in [1.165, 1.54) is 0 Å². The van der Waals surface area contributed by atoms with E-state index in [9.17, 15) is 0 Å². The van der Waals surface area contributed by atoms with Gasteiger partial charge in [-0.25, -0.2) is 0 Å². The Bertz CT molecular complexity index is 503. The van der Waals surface area contributed by atoms with Crippen LogP contribution in [0, 0.1) is 19.3 Å². The molecule has 0 saturated carbocycles. The molecule has 0 radical (unpaired) electrons. The van der Waals surface area contributed by atoms with E-state index >= 15 is 0 Å². The van der Waals surface area contributed by atoms with E-state index in [0.717, 1.165) is 16.5 Å². The quantitative estimate of drug-likeness (QED) is 0.559. The van der Waals surface area contributed by atoms with Crippen LogP contribution in [0.4, 0.5) is 0 Å². The Labute approximate surface area is 76.4 Å². The molecule has 0 aliphatic carbocycles. The topological polar surface area (TPSA) is 30.7 Å². The second kappa shape index (κ2) is 2.60. The molecule has 13 heavy (non-hydrogen) atoms. The average Bonchev–Trinajstić information content (AvgIpc) is 2.45. The first-order valence-corrected chi connectivity index (χ1v) is 3.98. The zero-order valence-electron chi connectivity index (χ0n) is 7.57. The molecule has 2 heterocycles. The van der Waals surface area contributed by atoms with E-state index in [-0.39, 0.29) is 0 Å². The molecule has 0 spiro atoms. The van der Waals surface area contributed by atoms with Gasteiger partial charge in [0.1, 0.15) is 5.69 Å². The van der Waals surface area contributed by atoms with Gasteiger partial charge in [0.05, 0.1) is 11.7 Å². The number of hydrogen-bond donors (Lipinski definition) is 0. The minimum Gasteiger partial charge on any atom is -0.265 e. The molecule has 0 aliphatic rings. The minimum absolute atomic E-state index is 0.692. The van der Waals surface area contributed by atoms with Gasteiger partial charge in [-0.1, -0.05) is 0 Å². The van der Waals surface area contributed by atoms with Crippen LogP contribution in [0.25, 0.3) is 10.9 Å². The molecule has 0 amide bonds. The molecule has 0 N–H and O–H groups in total. The Hall–Kier alpha value is -1.82. The fourth-order valence-corrected chi connectivity index (χ4v) is 1.46. The van der Waals surface area contributed by atoms with Gasteiger partial charge in [0, 0.05) is 18.6 Å². The number of aryl methyl sites for hydroxylation is 2. The Balaban J connectivity index is 2.99. The first-order valence-electron chi connectivity index (χ1n) is 3.98. The summed E-state index contributed by atoms with van der Waals surface area (Å²) in [5.41, 5.74) is 2.74. The number of hydrogen-bond acceptors (Lipinski definition) is 2. The van der Waals surface area contributed by atoms with Crippen molar-refractivity contribution in [3.8, 4) is 12.3 Å². The van der Waals surface area contributed by atoms with E-state index in [2.05, 4.69) is 16.0 Å². The average molecular weight is 171 g/mol. The summed E-state index contributed by atoms with van der Waals surface area (Å²) in [7, 11) is 1.87. The third kappa shape index (κ3) is 0.994. The highest BCUT2D eigenvalue weighted by molar-refractivity contribution is 5.86. The zero-order valence-corrected chi connectivity index (χ0v) is 7.57. The molecule has 0 aliphatic heterocycles. The Kier molecular flexibility index (Phi) is 1.56. The molecular formula is C10H9N3. The van der Waals surface area contributed by atoms with Crippen molar-refractivity contribution in [3.05, 3.63) is 23.7 Å². The van der Waals surface area contributed by atoms with Gasteiger partial charge >= 0.3 is 0 Å². The maximum Gasteiger partial charge on any atom is 0.143 e. The lowest BCUT2D eigenvalue weighted by Crippen LogP contribution is -1.89. The summed E-state index contributed by atoms with van der Waals surface area (Å²) < 4.78 is 1.75. The summed E-state index contributed by atoms with van der Waals surface area (Å²) in [4.78, 5) is 4.09. The second-order valence-electron chi connectivity index (χ2n) is 2.97. The number of rotatable bonds is 0. The predicted octanol–water partition coefficient (Wildman–Crippen LogP) is 1.26. The van der Waals surface area contributed by atoms with Crippen LogP contribution in [0.1, 0.15) is 11.3 Å². The number of aromatic nitrogens is 3. The summed E-state index contributed by atoms with van der Waals surface area (Å²) in [5.74, 6) is 2.57. The molecular weight excluding hydrogens is 162 g/mol. The summed E-state index contributed by atoms with van der Waals surface area (Å²) in [6.45, 7) is 1.98. The van der Waals surface area contributed by atoms with Crippen LogP contribution in [0.15, 0.2) is 12.4 Å². The van der Waals surface area contributed by atoms with Crippen LogP contribution in [0.2, 0.25) is 0 Å². The molecule has 0 atom stereocenters. The Morgan fingerprint density at radius 3 is 2.92 bits per heavy atom. The molecule has 0 fully saturated rings. The van der Waals surface area contributed by atoms with Crippen LogP contribution in [-0.4, -0.2) is 14.8 Å². The van der Waals surface area contributed by atoms with Crippen LogP contribution in [-0.2, 0) is 7.05 Å². The first-order chi connectivity index (χ1) is 6.24. The van der Waals surface area contributed by atoms with E-state index in [1.807, 2.05) is 14.0 Å². The van der Waals surface area contributed by atoms with Gasteiger partial charge in [0.25, 0.3) is 0 Å². The molecule has 2 rings (SSSR count). The van der Waals surface area contributed by atoms with Crippen LogP contribution in [0.5, 0.6) is 0 Å². The summed E-state index contributed by atoms with van der Waals surface area (Å²) >= 11 is 0. The SMILES string of the molecule is C#Cc1nn(C)c2cncc(C)c12. The van der Waals surface area contributed by atoms with Crippen molar-refractivity contribution in [2.24, 2.45) is 7.05 Å². The number of nitrogens with zero attached hydrogens (tertiary/aromatic N) is 3. The van der Waals surface area contributed by atoms with E-state index < -0.39 is 0 Å². The molecule has 0 aromatic carbocycles. The molecule has 3 heteroatoms. The van der Waals surface area contributed by atoms with Crippen molar-refractivity contribution in [1.82, 2.24) is 14.8 Å². The van der Waals surface area contributed by atoms with Crippen LogP contribution >= 0.6 is 0 Å². The largest absolute Gasteiger partial charge is 0.265 e. The van der Waals surface area contributed by atoms with Crippen molar-refractivity contribution in [2.45, 2.75) is 6.92 Å². The van der Waals surface area contributed by atoms with Gasteiger partial charge < -0.3 is 0 Å². The number of fused-ring (bicyclic) bond motifs is 1. The predicted molar refractivity (Wildman–Crippen MR) is 51.2 cm³/mol. The number of terminal acetylenes is 1. The van der Waals surface area contributed by atoms with Gasteiger partial charge in [0.2, 0.25) is 0 Å². The van der Waals surface area contributed by atoms with Gasteiger partial charge in [0.15, 0.2) is 0 Å². The number of pyridine rings is 1. The molecule has 3 nitrogen and oxygen atoms in total. The van der Waals surface area contributed by atoms with E-state index in [0.29, 0.717) is 5.69 Å². The van der Waals surface area contributed by atoms with Crippen molar-refractivity contribution >= 4 is 10.9 Å². The van der Waals surface area contributed by atoms with E-state index in [1.54, 1.807) is 17.1 Å². The maximum atomic E-state index is 5.35. The highest BCUT2D eigenvalue weighted by atomic mass is 15.3. The van der Waals surface area contributed by atoms with E-state index in [4.69, 9.17) is 6.42 Å². The fourth-order valence-electron chi connectivity index (χ4n) is 1.46. The highest BCUT2D eigenvalue weighted by Crippen LogP contribution is 2.19. The second-order valence-corrected chi connectivity index (χ2v) is 2.97. The van der Waals surface area contributed by atoms with Crippen LogP contribution in [0.3, 0.4) is 0 Å². The van der Waals surface area contributed by atoms with Gasteiger partial charge in [-0.2, -0.15) is 5.10 Å². The molecule has 0 unspecified atom stereocenters. The molecule has 64 valence electrons.